The standard InChI is InChI=1S/C30H33N3O3/c1-21-13-15-22(16-14-21)29(30(35)32-24-8-3-2-4-9-24)33(20-25-10-7-17-36-25)28(34)18-23-19-31-27-12-6-5-11-26(23)27/h5-7,10-17,19,24,29,31H,2-4,8-9,18,20H2,1H3,(H,32,35)/t29-/m0/s1. The number of hydrogen-bond acceptors (Lipinski definition) is 3. The van der Waals surface area contributed by atoms with Crippen LogP contribution in [-0.2, 0) is 22.6 Å². The number of aromatic nitrogens is 1. The number of H-pyrrole nitrogens is 1. The molecule has 1 aliphatic carbocycles. The molecular formula is C30H33N3O3. The van der Waals surface area contributed by atoms with Crippen LogP contribution in [0.1, 0.15) is 60.6 Å². The van der Waals surface area contributed by atoms with Gasteiger partial charge in [0.15, 0.2) is 0 Å². The van der Waals surface area contributed by atoms with Gasteiger partial charge in [-0.05, 0) is 49.1 Å². The molecule has 2 N–H and O–H groups in total. The summed E-state index contributed by atoms with van der Waals surface area (Å²) in [6, 6.07) is 18.9. The maximum atomic E-state index is 13.9. The van der Waals surface area contributed by atoms with Gasteiger partial charge in [-0.3, -0.25) is 9.59 Å². The highest BCUT2D eigenvalue weighted by molar-refractivity contribution is 5.92. The Bertz CT molecular complexity index is 1300. The summed E-state index contributed by atoms with van der Waals surface area (Å²) in [4.78, 5) is 32.7. The SMILES string of the molecule is Cc1ccc([C@@H](C(=O)NC2CCCCC2)N(Cc2ccco2)C(=O)Cc2c[nH]c3ccccc23)cc1. The number of fused-ring (bicyclic) bond motifs is 1. The van der Waals surface area contributed by atoms with Crippen molar-refractivity contribution in [1.82, 2.24) is 15.2 Å². The third kappa shape index (κ3) is 5.38. The first kappa shape index (κ1) is 23.9. The minimum atomic E-state index is -0.754. The highest BCUT2D eigenvalue weighted by atomic mass is 16.3. The smallest absolute Gasteiger partial charge is 0.247 e. The van der Waals surface area contributed by atoms with Crippen molar-refractivity contribution >= 4 is 22.7 Å². The summed E-state index contributed by atoms with van der Waals surface area (Å²) >= 11 is 0. The van der Waals surface area contributed by atoms with Crippen LogP contribution in [0.3, 0.4) is 0 Å². The highest BCUT2D eigenvalue weighted by Crippen LogP contribution is 2.28. The molecule has 0 saturated heterocycles. The first-order valence-corrected chi connectivity index (χ1v) is 12.8. The number of aryl methyl sites for hydroxylation is 1. The fourth-order valence-electron chi connectivity index (χ4n) is 5.18. The molecule has 6 heteroatoms. The fourth-order valence-corrected chi connectivity index (χ4v) is 5.18. The molecule has 36 heavy (non-hydrogen) atoms. The highest BCUT2D eigenvalue weighted by Gasteiger charge is 2.33. The first-order valence-electron chi connectivity index (χ1n) is 12.8. The minimum absolute atomic E-state index is 0.125. The van der Waals surface area contributed by atoms with Gasteiger partial charge in [0.2, 0.25) is 11.8 Å². The molecule has 6 nitrogen and oxygen atoms in total. The second-order valence-corrected chi connectivity index (χ2v) is 9.79. The summed E-state index contributed by atoms with van der Waals surface area (Å²) < 4.78 is 5.62. The molecule has 1 aliphatic rings. The molecule has 1 atom stereocenters. The molecule has 186 valence electrons. The van der Waals surface area contributed by atoms with Crippen molar-refractivity contribution in [3.8, 4) is 0 Å². The van der Waals surface area contributed by atoms with Gasteiger partial charge < -0.3 is 19.6 Å². The van der Waals surface area contributed by atoms with Crippen molar-refractivity contribution in [2.45, 2.75) is 64.1 Å². The molecule has 4 aromatic rings. The van der Waals surface area contributed by atoms with E-state index in [4.69, 9.17) is 4.42 Å². The van der Waals surface area contributed by atoms with Crippen molar-refractivity contribution < 1.29 is 14.0 Å². The monoisotopic (exact) mass is 483 g/mol. The van der Waals surface area contributed by atoms with Crippen LogP contribution in [-0.4, -0.2) is 27.7 Å². The van der Waals surface area contributed by atoms with Gasteiger partial charge in [0.1, 0.15) is 11.8 Å². The van der Waals surface area contributed by atoms with Gasteiger partial charge in [0.05, 0.1) is 19.2 Å². The zero-order valence-electron chi connectivity index (χ0n) is 20.7. The largest absolute Gasteiger partial charge is 0.467 e. The van der Waals surface area contributed by atoms with Crippen LogP contribution < -0.4 is 5.32 Å². The quantitative estimate of drug-likeness (QED) is 0.331. The predicted octanol–water partition coefficient (Wildman–Crippen LogP) is 5.83. The van der Waals surface area contributed by atoms with Crippen LogP contribution in [0.15, 0.2) is 77.5 Å². The van der Waals surface area contributed by atoms with Crippen molar-refractivity contribution in [3.63, 3.8) is 0 Å². The number of furan rings is 1. The average molecular weight is 484 g/mol. The van der Waals surface area contributed by atoms with Crippen LogP contribution in [0, 0.1) is 6.92 Å². The molecule has 0 unspecified atom stereocenters. The Balaban J connectivity index is 1.49. The van der Waals surface area contributed by atoms with Crippen LogP contribution >= 0.6 is 0 Å². The maximum absolute atomic E-state index is 13.9. The van der Waals surface area contributed by atoms with Gasteiger partial charge in [-0.1, -0.05) is 67.3 Å². The number of benzene rings is 2. The molecule has 5 rings (SSSR count). The van der Waals surface area contributed by atoms with Gasteiger partial charge in [0, 0.05) is 23.1 Å². The lowest BCUT2D eigenvalue weighted by atomic mass is 9.94. The molecule has 2 aromatic carbocycles. The molecule has 2 amide bonds. The van der Waals surface area contributed by atoms with Gasteiger partial charge in [-0.25, -0.2) is 0 Å². The summed E-state index contributed by atoms with van der Waals surface area (Å²) in [6.45, 7) is 2.23. The van der Waals surface area contributed by atoms with Gasteiger partial charge >= 0.3 is 0 Å². The number of aromatic amines is 1. The van der Waals surface area contributed by atoms with Crippen molar-refractivity contribution in [2.75, 3.05) is 0 Å². The molecule has 0 bridgehead atoms. The van der Waals surface area contributed by atoms with E-state index < -0.39 is 6.04 Å². The summed E-state index contributed by atoms with van der Waals surface area (Å²) in [7, 11) is 0. The zero-order valence-corrected chi connectivity index (χ0v) is 20.7. The number of carbonyl (C=O) groups excluding carboxylic acids is 2. The van der Waals surface area contributed by atoms with E-state index >= 15 is 0 Å². The first-order chi connectivity index (χ1) is 17.6. The third-order valence-electron chi connectivity index (χ3n) is 7.15. The molecular weight excluding hydrogens is 450 g/mol. The number of rotatable bonds is 8. The lowest BCUT2D eigenvalue weighted by Gasteiger charge is -2.33. The van der Waals surface area contributed by atoms with Crippen molar-refractivity contribution in [3.05, 3.63) is 95.6 Å². The van der Waals surface area contributed by atoms with Gasteiger partial charge in [-0.2, -0.15) is 0 Å². The van der Waals surface area contributed by atoms with Crippen LogP contribution in [0.2, 0.25) is 0 Å². The Hall–Kier alpha value is -3.80. The summed E-state index contributed by atoms with van der Waals surface area (Å²) in [5, 5.41) is 4.28. The number of nitrogens with zero attached hydrogens (tertiary/aromatic N) is 1. The second kappa shape index (κ2) is 10.9. The van der Waals surface area contributed by atoms with E-state index in [-0.39, 0.29) is 30.8 Å². The van der Waals surface area contributed by atoms with E-state index in [1.807, 2.05) is 67.7 Å². The van der Waals surface area contributed by atoms with E-state index in [2.05, 4.69) is 10.3 Å². The number of para-hydroxylation sites is 1. The minimum Gasteiger partial charge on any atom is -0.467 e. The number of nitrogens with one attached hydrogen (secondary N) is 2. The topological polar surface area (TPSA) is 78.3 Å². The zero-order chi connectivity index (χ0) is 24.9. The van der Waals surface area contributed by atoms with Crippen LogP contribution in [0.4, 0.5) is 0 Å². The van der Waals surface area contributed by atoms with Gasteiger partial charge in [-0.15, -0.1) is 0 Å². The number of amides is 2. The van der Waals surface area contributed by atoms with E-state index in [9.17, 15) is 9.59 Å². The van der Waals surface area contributed by atoms with E-state index in [1.165, 1.54) is 6.42 Å². The number of carbonyl (C=O) groups is 2. The Morgan fingerprint density at radius 2 is 1.81 bits per heavy atom. The average Bonchev–Trinajstić information content (AvgIpc) is 3.56. The molecule has 2 heterocycles. The Labute approximate surface area is 211 Å². The van der Waals surface area contributed by atoms with Crippen LogP contribution in [0.5, 0.6) is 0 Å². The lowest BCUT2D eigenvalue weighted by molar-refractivity contribution is -0.141. The normalized spacial score (nSPS) is 15.0. The number of hydrogen-bond donors (Lipinski definition) is 2. The van der Waals surface area contributed by atoms with Gasteiger partial charge in [0.25, 0.3) is 0 Å². The third-order valence-corrected chi connectivity index (χ3v) is 7.15. The van der Waals surface area contributed by atoms with Crippen LogP contribution in [0.25, 0.3) is 10.9 Å². The molecule has 0 radical (unpaired) electrons. The lowest BCUT2D eigenvalue weighted by Crippen LogP contribution is -2.47. The second-order valence-electron chi connectivity index (χ2n) is 9.79. The van der Waals surface area contributed by atoms with Crippen molar-refractivity contribution in [2.24, 2.45) is 0 Å². The predicted molar refractivity (Wildman–Crippen MR) is 140 cm³/mol. The summed E-state index contributed by atoms with van der Waals surface area (Å²) in [6.07, 6.45) is 9.08. The summed E-state index contributed by atoms with van der Waals surface area (Å²) in [5.41, 5.74) is 3.80. The van der Waals surface area contributed by atoms with E-state index in [0.717, 1.165) is 53.3 Å². The molecule has 1 saturated carbocycles. The van der Waals surface area contributed by atoms with Crippen molar-refractivity contribution in [1.29, 1.82) is 0 Å². The van der Waals surface area contributed by atoms with E-state index in [1.54, 1.807) is 17.2 Å². The fraction of sp³-hybridized carbons (Fsp3) is 0.333. The molecule has 2 aromatic heterocycles. The van der Waals surface area contributed by atoms with E-state index in [0.29, 0.717) is 5.76 Å². The molecule has 0 aliphatic heterocycles. The molecule has 0 spiro atoms. The Morgan fingerprint density at radius 3 is 2.56 bits per heavy atom. The Kier molecular flexibility index (Phi) is 7.21. The summed E-state index contributed by atoms with van der Waals surface area (Å²) in [5.74, 6) is 0.384. The maximum Gasteiger partial charge on any atom is 0.247 e. The molecule has 1 fully saturated rings. The Morgan fingerprint density at radius 1 is 1.03 bits per heavy atom.